The third-order valence-electron chi connectivity index (χ3n) is 5.25. The summed E-state index contributed by atoms with van der Waals surface area (Å²) in [5, 5.41) is 4.08. The molecular weight excluding hydrogens is 368 g/mol. The Bertz CT molecular complexity index is 1050. The first kappa shape index (κ1) is 19.2. The van der Waals surface area contributed by atoms with Gasteiger partial charge in [-0.15, -0.1) is 0 Å². The molecule has 152 valence electrons. The number of H-pyrrole nitrogens is 1. The highest BCUT2D eigenvalue weighted by Crippen LogP contribution is 2.25. The summed E-state index contributed by atoms with van der Waals surface area (Å²) < 4.78 is 5.41. The van der Waals surface area contributed by atoms with Crippen molar-refractivity contribution >= 4 is 34.3 Å². The number of nitrogens with zero attached hydrogens (tertiary/aromatic N) is 4. The number of amides is 1. The van der Waals surface area contributed by atoms with Gasteiger partial charge in [-0.25, -0.2) is 4.98 Å². The molecule has 1 aliphatic heterocycles. The van der Waals surface area contributed by atoms with E-state index in [1.54, 1.807) is 6.07 Å². The fourth-order valence-corrected chi connectivity index (χ4v) is 3.41. The van der Waals surface area contributed by atoms with Crippen molar-refractivity contribution in [3.63, 3.8) is 0 Å². The Hall–Kier alpha value is -3.13. The average molecular weight is 394 g/mol. The number of rotatable bonds is 4. The molecule has 0 saturated carbocycles. The molecule has 0 spiro atoms. The van der Waals surface area contributed by atoms with Crippen molar-refractivity contribution in [3.8, 4) is 0 Å². The topological polar surface area (TPSA) is 86.4 Å². The molecule has 29 heavy (non-hydrogen) atoms. The molecule has 3 heterocycles. The first-order valence-electron chi connectivity index (χ1n) is 9.72. The van der Waals surface area contributed by atoms with Gasteiger partial charge in [-0.05, 0) is 37.6 Å². The molecular formula is C21H26N6O2. The van der Waals surface area contributed by atoms with Crippen molar-refractivity contribution in [2.24, 2.45) is 0 Å². The standard InChI is InChI=1S/C21H26N6O2/c1-13-14(2)22-17-6-5-15(11-16(13)17)23-20(28)18-12-19(26(3)4)25-21(24-18)27-7-9-29-10-8-27/h5-6,11-12,22H,7-10H2,1-4H3,(H,23,28). The third kappa shape index (κ3) is 3.88. The summed E-state index contributed by atoms with van der Waals surface area (Å²) in [5.41, 5.74) is 4.45. The van der Waals surface area contributed by atoms with Gasteiger partial charge in [0.1, 0.15) is 11.5 Å². The van der Waals surface area contributed by atoms with Gasteiger partial charge in [0, 0.05) is 55.5 Å². The number of carbonyl (C=O) groups excluding carboxylic acids is 1. The average Bonchev–Trinajstić information content (AvgIpc) is 3.02. The zero-order valence-corrected chi connectivity index (χ0v) is 17.2. The quantitative estimate of drug-likeness (QED) is 0.708. The van der Waals surface area contributed by atoms with E-state index in [1.807, 2.05) is 49.0 Å². The summed E-state index contributed by atoms with van der Waals surface area (Å²) in [6, 6.07) is 7.58. The van der Waals surface area contributed by atoms with Crippen molar-refractivity contribution in [2.75, 3.05) is 55.5 Å². The Balaban J connectivity index is 1.63. The summed E-state index contributed by atoms with van der Waals surface area (Å²) in [6.45, 7) is 6.80. The van der Waals surface area contributed by atoms with Gasteiger partial charge >= 0.3 is 0 Å². The maximum atomic E-state index is 13.0. The number of fused-ring (bicyclic) bond motifs is 1. The summed E-state index contributed by atoms with van der Waals surface area (Å²) in [7, 11) is 3.80. The molecule has 2 N–H and O–H groups in total. The van der Waals surface area contributed by atoms with Gasteiger partial charge in [0.05, 0.1) is 13.2 Å². The first-order chi connectivity index (χ1) is 13.9. The second-order valence-electron chi connectivity index (χ2n) is 7.49. The summed E-state index contributed by atoms with van der Waals surface area (Å²) in [4.78, 5) is 29.4. The van der Waals surface area contributed by atoms with E-state index in [0.29, 0.717) is 43.8 Å². The van der Waals surface area contributed by atoms with Crippen LogP contribution in [0.5, 0.6) is 0 Å². The van der Waals surface area contributed by atoms with Crippen LogP contribution in [0.1, 0.15) is 21.7 Å². The highest BCUT2D eigenvalue weighted by atomic mass is 16.5. The number of hydrogen-bond acceptors (Lipinski definition) is 6. The molecule has 0 unspecified atom stereocenters. The molecule has 0 aliphatic carbocycles. The predicted octanol–water partition coefficient (Wildman–Crippen LogP) is 2.73. The van der Waals surface area contributed by atoms with Crippen LogP contribution in [-0.2, 0) is 4.74 Å². The summed E-state index contributed by atoms with van der Waals surface area (Å²) in [6.07, 6.45) is 0. The number of nitrogens with one attached hydrogen (secondary N) is 2. The Morgan fingerprint density at radius 3 is 2.66 bits per heavy atom. The van der Waals surface area contributed by atoms with Crippen LogP contribution in [0.3, 0.4) is 0 Å². The van der Waals surface area contributed by atoms with Crippen molar-refractivity contribution in [1.82, 2.24) is 15.0 Å². The minimum atomic E-state index is -0.255. The number of anilines is 3. The van der Waals surface area contributed by atoms with Crippen LogP contribution < -0.4 is 15.1 Å². The van der Waals surface area contributed by atoms with Gasteiger partial charge in [0.25, 0.3) is 5.91 Å². The Labute approximate surface area is 169 Å². The summed E-state index contributed by atoms with van der Waals surface area (Å²) in [5.74, 6) is 0.991. The highest BCUT2D eigenvalue weighted by molar-refractivity contribution is 6.04. The third-order valence-corrected chi connectivity index (χ3v) is 5.25. The molecule has 3 aromatic rings. The van der Waals surface area contributed by atoms with Crippen molar-refractivity contribution in [2.45, 2.75) is 13.8 Å². The molecule has 1 aromatic carbocycles. The van der Waals surface area contributed by atoms with Gasteiger partial charge in [0.2, 0.25) is 5.95 Å². The van der Waals surface area contributed by atoms with E-state index < -0.39 is 0 Å². The van der Waals surface area contributed by atoms with Crippen molar-refractivity contribution in [1.29, 1.82) is 0 Å². The monoisotopic (exact) mass is 394 g/mol. The van der Waals surface area contributed by atoms with Gasteiger partial charge in [0.15, 0.2) is 0 Å². The van der Waals surface area contributed by atoms with Crippen molar-refractivity contribution < 1.29 is 9.53 Å². The van der Waals surface area contributed by atoms with E-state index >= 15 is 0 Å². The van der Waals surface area contributed by atoms with Gasteiger partial charge < -0.3 is 24.8 Å². The van der Waals surface area contributed by atoms with Crippen molar-refractivity contribution in [3.05, 3.63) is 41.2 Å². The molecule has 2 aromatic heterocycles. The van der Waals surface area contributed by atoms with Crippen LogP contribution in [0.15, 0.2) is 24.3 Å². The normalized spacial score (nSPS) is 14.3. The zero-order chi connectivity index (χ0) is 20.5. The highest BCUT2D eigenvalue weighted by Gasteiger charge is 2.19. The number of benzene rings is 1. The lowest BCUT2D eigenvalue weighted by atomic mass is 10.1. The number of hydrogen-bond donors (Lipinski definition) is 2. The molecule has 0 radical (unpaired) electrons. The maximum absolute atomic E-state index is 13.0. The molecule has 0 bridgehead atoms. The lowest BCUT2D eigenvalue weighted by Crippen LogP contribution is -2.38. The van der Waals surface area contributed by atoms with Crippen LogP contribution in [0.25, 0.3) is 10.9 Å². The van der Waals surface area contributed by atoms with Gasteiger partial charge in [-0.3, -0.25) is 4.79 Å². The van der Waals surface area contributed by atoms with Crippen LogP contribution in [0, 0.1) is 13.8 Å². The first-order valence-corrected chi connectivity index (χ1v) is 9.72. The lowest BCUT2D eigenvalue weighted by molar-refractivity contribution is 0.102. The fraction of sp³-hybridized carbons (Fsp3) is 0.381. The second-order valence-corrected chi connectivity index (χ2v) is 7.49. The fourth-order valence-electron chi connectivity index (χ4n) is 3.41. The Morgan fingerprint density at radius 1 is 1.17 bits per heavy atom. The van der Waals surface area contributed by atoms with Crippen LogP contribution in [0.4, 0.5) is 17.5 Å². The second kappa shape index (κ2) is 7.71. The zero-order valence-electron chi connectivity index (χ0n) is 17.2. The SMILES string of the molecule is Cc1[nH]c2ccc(NC(=O)c3cc(N(C)C)nc(N4CCOCC4)n3)cc2c1C. The van der Waals surface area contributed by atoms with E-state index in [4.69, 9.17) is 4.74 Å². The molecule has 0 atom stereocenters. The Kier molecular flexibility index (Phi) is 5.10. The van der Waals surface area contributed by atoms with Crippen LogP contribution in [-0.4, -0.2) is 61.3 Å². The Morgan fingerprint density at radius 2 is 1.93 bits per heavy atom. The van der Waals surface area contributed by atoms with Crippen LogP contribution >= 0.6 is 0 Å². The number of aromatic nitrogens is 3. The maximum Gasteiger partial charge on any atom is 0.274 e. The number of ether oxygens (including phenoxy) is 1. The molecule has 4 rings (SSSR count). The van der Waals surface area contributed by atoms with Crippen LogP contribution in [0.2, 0.25) is 0 Å². The van der Waals surface area contributed by atoms with E-state index in [1.165, 1.54) is 5.56 Å². The largest absolute Gasteiger partial charge is 0.378 e. The molecule has 8 heteroatoms. The van der Waals surface area contributed by atoms with E-state index in [-0.39, 0.29) is 5.91 Å². The van der Waals surface area contributed by atoms with Gasteiger partial charge in [-0.2, -0.15) is 4.98 Å². The number of morpholine rings is 1. The minimum absolute atomic E-state index is 0.255. The molecule has 8 nitrogen and oxygen atoms in total. The van der Waals surface area contributed by atoms with E-state index in [2.05, 4.69) is 27.2 Å². The minimum Gasteiger partial charge on any atom is -0.378 e. The molecule has 1 fully saturated rings. The van der Waals surface area contributed by atoms with E-state index in [9.17, 15) is 4.79 Å². The number of aryl methyl sites for hydroxylation is 2. The van der Waals surface area contributed by atoms with E-state index in [0.717, 1.165) is 22.3 Å². The number of aromatic amines is 1. The smallest absolute Gasteiger partial charge is 0.274 e. The molecule has 1 aliphatic rings. The number of carbonyl (C=O) groups is 1. The predicted molar refractivity (Wildman–Crippen MR) is 115 cm³/mol. The summed E-state index contributed by atoms with van der Waals surface area (Å²) >= 11 is 0. The molecule has 1 amide bonds. The lowest BCUT2D eigenvalue weighted by Gasteiger charge is -2.27. The van der Waals surface area contributed by atoms with Gasteiger partial charge in [-0.1, -0.05) is 0 Å². The molecule has 1 saturated heterocycles.